The van der Waals surface area contributed by atoms with Gasteiger partial charge in [-0.05, 0) is 93.4 Å². The Bertz CT molecular complexity index is 749. The van der Waals surface area contributed by atoms with Crippen molar-refractivity contribution in [3.8, 4) is 0 Å². The van der Waals surface area contributed by atoms with E-state index in [0.29, 0.717) is 11.8 Å². The highest BCUT2D eigenvalue weighted by molar-refractivity contribution is 5.77. The van der Waals surface area contributed by atoms with Crippen molar-refractivity contribution in [2.75, 3.05) is 6.61 Å². The van der Waals surface area contributed by atoms with Gasteiger partial charge in [-0.1, -0.05) is 25.1 Å². The van der Waals surface area contributed by atoms with Gasteiger partial charge in [0.1, 0.15) is 5.76 Å². The van der Waals surface area contributed by atoms with Crippen LogP contribution in [0.15, 0.2) is 35.0 Å². The molecule has 1 aromatic rings. The second-order valence-electron chi connectivity index (χ2n) is 9.04. The molecule has 1 aromatic carbocycles. The third kappa shape index (κ3) is 4.68. The Hall–Kier alpha value is -1.61. The van der Waals surface area contributed by atoms with Crippen molar-refractivity contribution >= 4 is 6.21 Å². The third-order valence-electron chi connectivity index (χ3n) is 6.70. The maximum absolute atomic E-state index is 6.42. The lowest BCUT2D eigenvalue weighted by molar-refractivity contribution is -0.0164. The molecule has 2 aliphatic carbocycles. The van der Waals surface area contributed by atoms with Crippen LogP contribution in [0.25, 0.3) is 0 Å². The van der Waals surface area contributed by atoms with Gasteiger partial charge < -0.3 is 9.47 Å². The van der Waals surface area contributed by atoms with Gasteiger partial charge in [0.2, 0.25) is 0 Å². The van der Waals surface area contributed by atoms with Crippen molar-refractivity contribution in [3.05, 3.63) is 46.7 Å². The van der Waals surface area contributed by atoms with Crippen LogP contribution in [0.3, 0.4) is 0 Å². The minimum Gasteiger partial charge on any atom is -0.492 e. The zero-order valence-corrected chi connectivity index (χ0v) is 17.9. The van der Waals surface area contributed by atoms with Gasteiger partial charge in [-0.2, -0.15) is 0 Å². The lowest BCUT2D eigenvalue weighted by Gasteiger charge is -2.26. The van der Waals surface area contributed by atoms with Crippen LogP contribution in [0.1, 0.15) is 69.1 Å². The summed E-state index contributed by atoms with van der Waals surface area (Å²) in [6.07, 6.45) is 10.4. The summed E-state index contributed by atoms with van der Waals surface area (Å²) < 4.78 is 12.2. The van der Waals surface area contributed by atoms with Crippen LogP contribution in [-0.4, -0.2) is 31.1 Å². The first kappa shape index (κ1) is 19.7. The average molecular weight is 382 g/mol. The first-order chi connectivity index (χ1) is 13.5. The molecule has 0 spiro atoms. The number of dihydropyridines is 1. The molecule has 0 amide bonds. The van der Waals surface area contributed by atoms with E-state index in [2.05, 4.69) is 52.0 Å². The highest BCUT2D eigenvalue weighted by Crippen LogP contribution is 2.51. The zero-order chi connectivity index (χ0) is 19.7. The lowest BCUT2D eigenvalue weighted by Crippen LogP contribution is -2.30. The molecular formula is C25H35NO2. The van der Waals surface area contributed by atoms with E-state index in [-0.39, 0.29) is 18.2 Å². The first-order valence-corrected chi connectivity index (χ1v) is 11.2. The highest BCUT2D eigenvalue weighted by Gasteiger charge is 2.44. The van der Waals surface area contributed by atoms with Crippen LogP contribution in [-0.2, 0) is 15.9 Å². The van der Waals surface area contributed by atoms with Crippen molar-refractivity contribution in [2.45, 2.75) is 84.0 Å². The molecule has 0 N–H and O–H groups in total. The van der Waals surface area contributed by atoms with Crippen molar-refractivity contribution in [1.82, 2.24) is 0 Å². The fraction of sp³-hybridized carbons (Fsp3) is 0.640. The largest absolute Gasteiger partial charge is 0.492 e. The minimum absolute atomic E-state index is 0.136. The van der Waals surface area contributed by atoms with Crippen molar-refractivity contribution in [1.29, 1.82) is 0 Å². The van der Waals surface area contributed by atoms with E-state index in [9.17, 15) is 0 Å². The Kier molecular flexibility index (Phi) is 5.91. The molecular weight excluding hydrogens is 346 g/mol. The van der Waals surface area contributed by atoms with Gasteiger partial charge in [0.15, 0.2) is 0 Å². The van der Waals surface area contributed by atoms with Crippen LogP contribution in [0.5, 0.6) is 0 Å². The second kappa shape index (κ2) is 8.41. The van der Waals surface area contributed by atoms with E-state index in [4.69, 9.17) is 14.5 Å². The van der Waals surface area contributed by atoms with Gasteiger partial charge >= 0.3 is 0 Å². The topological polar surface area (TPSA) is 30.8 Å². The van der Waals surface area contributed by atoms with Gasteiger partial charge in [0.05, 0.1) is 31.1 Å². The summed E-state index contributed by atoms with van der Waals surface area (Å²) in [5.41, 5.74) is 4.39. The zero-order valence-electron chi connectivity index (χ0n) is 17.9. The summed E-state index contributed by atoms with van der Waals surface area (Å²) in [4.78, 5) is 4.71. The number of nitrogens with zero attached hydrogens (tertiary/aromatic N) is 1. The quantitative estimate of drug-likeness (QED) is 0.557. The first-order valence-electron chi connectivity index (χ1n) is 11.2. The highest BCUT2D eigenvalue weighted by atomic mass is 16.5. The number of hydrogen-bond acceptors (Lipinski definition) is 3. The second-order valence-corrected chi connectivity index (χ2v) is 9.04. The molecule has 1 aliphatic heterocycles. The summed E-state index contributed by atoms with van der Waals surface area (Å²) in [5, 5.41) is 0. The van der Waals surface area contributed by atoms with Gasteiger partial charge in [0, 0.05) is 0 Å². The standard InChI is InChI=1S/C25H35NO2/c1-5-19-7-6-16(2)22(12-19)24-13-23(24)17(3)28-18(4)25-11-10-21(14-26-25)27-15-20-8-9-20/h6-7,10,12,14,17-18,20,23-25H,5,8-9,11,13,15H2,1-4H3. The molecule has 2 fully saturated rings. The number of aryl methyl sites for hydroxylation is 2. The summed E-state index contributed by atoms with van der Waals surface area (Å²) in [6.45, 7) is 9.74. The Morgan fingerprint density at radius 1 is 1.18 bits per heavy atom. The third-order valence-corrected chi connectivity index (χ3v) is 6.70. The predicted octanol–water partition coefficient (Wildman–Crippen LogP) is 5.61. The summed E-state index contributed by atoms with van der Waals surface area (Å²) in [6, 6.07) is 7.16. The predicted molar refractivity (Wildman–Crippen MR) is 115 cm³/mol. The smallest absolute Gasteiger partial charge is 0.133 e. The number of hydrogen-bond donors (Lipinski definition) is 0. The van der Waals surface area contributed by atoms with E-state index in [1.165, 1.54) is 36.0 Å². The van der Waals surface area contributed by atoms with Gasteiger partial charge in [-0.15, -0.1) is 0 Å². The van der Waals surface area contributed by atoms with Gasteiger partial charge in [-0.25, -0.2) is 0 Å². The Morgan fingerprint density at radius 2 is 2.00 bits per heavy atom. The van der Waals surface area contributed by atoms with Crippen LogP contribution < -0.4 is 0 Å². The molecule has 3 aliphatic rings. The van der Waals surface area contributed by atoms with E-state index in [1.54, 1.807) is 0 Å². The molecule has 152 valence electrons. The van der Waals surface area contributed by atoms with Crippen LogP contribution in [0.2, 0.25) is 0 Å². The monoisotopic (exact) mass is 381 g/mol. The molecule has 3 heteroatoms. The molecule has 0 aromatic heterocycles. The normalized spacial score (nSPS) is 28.6. The van der Waals surface area contributed by atoms with Crippen LogP contribution in [0.4, 0.5) is 0 Å². The summed E-state index contributed by atoms with van der Waals surface area (Å²) in [5.74, 6) is 3.01. The number of aliphatic imine (C=N–C) groups is 1. The van der Waals surface area contributed by atoms with Crippen molar-refractivity contribution in [3.63, 3.8) is 0 Å². The summed E-state index contributed by atoms with van der Waals surface area (Å²) in [7, 11) is 0. The number of allylic oxidation sites excluding steroid dienone is 1. The molecule has 5 atom stereocenters. The molecule has 4 rings (SSSR count). The van der Waals surface area contributed by atoms with Crippen LogP contribution >= 0.6 is 0 Å². The molecule has 0 radical (unpaired) electrons. The Morgan fingerprint density at radius 3 is 2.68 bits per heavy atom. The summed E-state index contributed by atoms with van der Waals surface area (Å²) >= 11 is 0. The molecule has 0 saturated heterocycles. The van der Waals surface area contributed by atoms with E-state index in [0.717, 1.165) is 31.1 Å². The van der Waals surface area contributed by atoms with Gasteiger partial charge in [-0.3, -0.25) is 4.99 Å². The minimum atomic E-state index is 0.136. The van der Waals surface area contributed by atoms with Crippen LogP contribution in [0, 0.1) is 18.8 Å². The fourth-order valence-electron chi connectivity index (χ4n) is 4.36. The van der Waals surface area contributed by atoms with E-state index in [1.807, 2.05) is 6.21 Å². The molecule has 3 nitrogen and oxygen atoms in total. The molecule has 2 saturated carbocycles. The SMILES string of the molecule is CCc1ccc(C)c(C2CC2C(C)OC(C)C2CC=C(OCC3CC3)C=N2)c1. The van der Waals surface area contributed by atoms with Crippen molar-refractivity contribution < 1.29 is 9.47 Å². The van der Waals surface area contributed by atoms with Gasteiger partial charge in [0.25, 0.3) is 0 Å². The Labute approximate surface area is 170 Å². The Balaban J connectivity index is 1.26. The fourth-order valence-corrected chi connectivity index (χ4v) is 4.36. The number of ether oxygens (including phenoxy) is 2. The maximum Gasteiger partial charge on any atom is 0.133 e. The lowest BCUT2D eigenvalue weighted by atomic mass is 9.98. The van der Waals surface area contributed by atoms with E-state index >= 15 is 0 Å². The van der Waals surface area contributed by atoms with E-state index < -0.39 is 0 Å². The molecule has 5 unspecified atom stereocenters. The average Bonchev–Trinajstić information content (AvgIpc) is 3.61. The maximum atomic E-state index is 6.42. The molecule has 0 bridgehead atoms. The molecule has 1 heterocycles. The number of rotatable bonds is 9. The molecule has 28 heavy (non-hydrogen) atoms. The number of benzene rings is 1. The van der Waals surface area contributed by atoms with Crippen molar-refractivity contribution in [2.24, 2.45) is 16.8 Å².